The summed E-state index contributed by atoms with van der Waals surface area (Å²) in [4.78, 5) is 7.90. The first-order chi connectivity index (χ1) is 8.56. The number of hydrogen-bond acceptors (Lipinski definition) is 4. The molecule has 0 aliphatic carbocycles. The van der Waals surface area contributed by atoms with Crippen LogP contribution in [0, 0.1) is 0 Å². The van der Waals surface area contributed by atoms with E-state index >= 15 is 0 Å². The zero-order valence-electron chi connectivity index (χ0n) is 9.69. The van der Waals surface area contributed by atoms with Gasteiger partial charge in [-0.25, -0.2) is 4.98 Å². The minimum Gasteiger partial charge on any atom is -0.368 e. The molecule has 0 saturated heterocycles. The molecule has 0 aliphatic rings. The highest BCUT2D eigenvalue weighted by Crippen LogP contribution is 2.26. The molecule has 0 aliphatic heterocycles. The van der Waals surface area contributed by atoms with Gasteiger partial charge < -0.3 is 11.1 Å². The van der Waals surface area contributed by atoms with Crippen LogP contribution in [-0.2, 0) is 0 Å². The van der Waals surface area contributed by atoms with Gasteiger partial charge in [0.1, 0.15) is 11.0 Å². The Morgan fingerprint density at radius 1 is 1.33 bits per heavy atom. The standard InChI is InChI=1S/C12H12BrClN4/c1-7(8-4-2-3-5-9(8)13)16-11-6-10(14)17-12(15)18-11/h2-7H,1H3,(H3,15,16,17,18). The molecule has 0 spiro atoms. The molecule has 18 heavy (non-hydrogen) atoms. The van der Waals surface area contributed by atoms with Crippen LogP contribution in [0.2, 0.25) is 5.15 Å². The van der Waals surface area contributed by atoms with Gasteiger partial charge in [-0.15, -0.1) is 0 Å². The Morgan fingerprint density at radius 2 is 2.06 bits per heavy atom. The SMILES string of the molecule is CC(Nc1cc(Cl)nc(N)n1)c1ccccc1Br. The summed E-state index contributed by atoms with van der Waals surface area (Å²) in [7, 11) is 0. The predicted molar refractivity (Wildman–Crippen MR) is 77.6 cm³/mol. The van der Waals surface area contributed by atoms with Crippen LogP contribution in [0.5, 0.6) is 0 Å². The van der Waals surface area contributed by atoms with Gasteiger partial charge in [-0.05, 0) is 18.6 Å². The molecule has 0 fully saturated rings. The summed E-state index contributed by atoms with van der Waals surface area (Å²) in [5.41, 5.74) is 6.68. The second kappa shape index (κ2) is 5.54. The van der Waals surface area contributed by atoms with Crippen LogP contribution in [0.25, 0.3) is 0 Å². The maximum absolute atomic E-state index is 5.83. The Bertz CT molecular complexity index is 541. The summed E-state index contributed by atoms with van der Waals surface area (Å²) in [6, 6.07) is 9.71. The Hall–Kier alpha value is -1.33. The van der Waals surface area contributed by atoms with Crippen molar-refractivity contribution in [1.29, 1.82) is 0 Å². The maximum atomic E-state index is 5.83. The monoisotopic (exact) mass is 326 g/mol. The van der Waals surface area contributed by atoms with Gasteiger partial charge in [0.15, 0.2) is 0 Å². The highest BCUT2D eigenvalue weighted by atomic mass is 79.9. The van der Waals surface area contributed by atoms with Gasteiger partial charge in [-0.2, -0.15) is 4.98 Å². The van der Waals surface area contributed by atoms with Gasteiger partial charge >= 0.3 is 0 Å². The van der Waals surface area contributed by atoms with Crippen molar-refractivity contribution in [3.05, 3.63) is 45.5 Å². The Kier molecular flexibility index (Phi) is 4.04. The van der Waals surface area contributed by atoms with Crippen molar-refractivity contribution in [2.45, 2.75) is 13.0 Å². The van der Waals surface area contributed by atoms with Crippen molar-refractivity contribution in [3.8, 4) is 0 Å². The smallest absolute Gasteiger partial charge is 0.223 e. The summed E-state index contributed by atoms with van der Waals surface area (Å²) >= 11 is 9.35. The molecule has 1 atom stereocenters. The van der Waals surface area contributed by atoms with E-state index in [2.05, 4.69) is 31.2 Å². The zero-order chi connectivity index (χ0) is 13.1. The van der Waals surface area contributed by atoms with Gasteiger partial charge in [0.25, 0.3) is 0 Å². The lowest BCUT2D eigenvalue weighted by Crippen LogP contribution is -2.09. The normalized spacial score (nSPS) is 12.2. The van der Waals surface area contributed by atoms with E-state index in [1.807, 2.05) is 31.2 Å². The summed E-state index contributed by atoms with van der Waals surface area (Å²) < 4.78 is 1.04. The number of hydrogen-bond donors (Lipinski definition) is 2. The summed E-state index contributed by atoms with van der Waals surface area (Å²) in [5, 5.41) is 3.56. The van der Waals surface area contributed by atoms with E-state index in [9.17, 15) is 0 Å². The van der Waals surface area contributed by atoms with Crippen LogP contribution in [0.3, 0.4) is 0 Å². The molecular formula is C12H12BrClN4. The number of nitrogens with one attached hydrogen (secondary N) is 1. The molecule has 4 nitrogen and oxygen atoms in total. The third-order valence-corrected chi connectivity index (χ3v) is 3.36. The van der Waals surface area contributed by atoms with Gasteiger partial charge in [-0.3, -0.25) is 0 Å². The molecule has 1 aromatic carbocycles. The molecule has 94 valence electrons. The molecule has 3 N–H and O–H groups in total. The number of rotatable bonds is 3. The lowest BCUT2D eigenvalue weighted by atomic mass is 10.1. The van der Waals surface area contributed by atoms with Crippen LogP contribution in [-0.4, -0.2) is 9.97 Å². The number of anilines is 2. The van der Waals surface area contributed by atoms with Crippen LogP contribution in [0.4, 0.5) is 11.8 Å². The summed E-state index contributed by atoms with van der Waals surface area (Å²) in [5.74, 6) is 0.764. The summed E-state index contributed by atoms with van der Waals surface area (Å²) in [6.07, 6.45) is 0. The van der Waals surface area contributed by atoms with E-state index in [1.165, 1.54) is 0 Å². The lowest BCUT2D eigenvalue weighted by Gasteiger charge is -2.16. The fourth-order valence-corrected chi connectivity index (χ4v) is 2.45. The number of aromatic nitrogens is 2. The van der Waals surface area contributed by atoms with Gasteiger partial charge in [0, 0.05) is 10.5 Å². The second-order valence-corrected chi connectivity index (χ2v) is 5.06. The molecule has 1 heterocycles. The molecule has 0 radical (unpaired) electrons. The number of halogens is 2. The number of nitrogen functional groups attached to an aromatic ring is 1. The second-order valence-electron chi connectivity index (χ2n) is 3.82. The van der Waals surface area contributed by atoms with E-state index in [-0.39, 0.29) is 12.0 Å². The predicted octanol–water partition coefficient (Wildman–Crippen LogP) is 3.65. The van der Waals surface area contributed by atoms with Gasteiger partial charge in [0.05, 0.1) is 6.04 Å². The zero-order valence-corrected chi connectivity index (χ0v) is 12.0. The minimum atomic E-state index is 0.0749. The lowest BCUT2D eigenvalue weighted by molar-refractivity contribution is 0.867. The number of nitrogens with two attached hydrogens (primary N) is 1. The summed E-state index contributed by atoms with van der Waals surface area (Å²) in [6.45, 7) is 2.03. The number of benzene rings is 1. The number of nitrogens with zero attached hydrogens (tertiary/aromatic N) is 2. The third-order valence-electron chi connectivity index (χ3n) is 2.45. The Balaban J connectivity index is 2.21. The molecule has 2 rings (SSSR count). The average Bonchev–Trinajstić information content (AvgIpc) is 2.27. The van der Waals surface area contributed by atoms with E-state index in [0.29, 0.717) is 11.0 Å². The van der Waals surface area contributed by atoms with Crippen LogP contribution < -0.4 is 11.1 Å². The molecule has 0 bridgehead atoms. The van der Waals surface area contributed by atoms with Crippen LogP contribution in [0.1, 0.15) is 18.5 Å². The van der Waals surface area contributed by atoms with Crippen molar-refractivity contribution in [2.75, 3.05) is 11.1 Å². The van der Waals surface area contributed by atoms with E-state index in [4.69, 9.17) is 17.3 Å². The molecular weight excluding hydrogens is 316 g/mol. The fraction of sp³-hybridized carbons (Fsp3) is 0.167. The Labute approximate surface area is 119 Å². The first-order valence-corrected chi connectivity index (χ1v) is 6.54. The molecule has 0 saturated carbocycles. The largest absolute Gasteiger partial charge is 0.368 e. The molecule has 1 aromatic heterocycles. The van der Waals surface area contributed by atoms with Gasteiger partial charge in [0.2, 0.25) is 5.95 Å². The van der Waals surface area contributed by atoms with Crippen molar-refractivity contribution in [1.82, 2.24) is 9.97 Å². The van der Waals surface area contributed by atoms with Crippen LogP contribution in [0.15, 0.2) is 34.8 Å². The van der Waals surface area contributed by atoms with E-state index in [0.717, 1.165) is 10.0 Å². The molecule has 6 heteroatoms. The minimum absolute atomic E-state index is 0.0749. The molecule has 2 aromatic rings. The van der Waals surface area contributed by atoms with E-state index < -0.39 is 0 Å². The van der Waals surface area contributed by atoms with E-state index in [1.54, 1.807) is 6.07 Å². The maximum Gasteiger partial charge on any atom is 0.223 e. The van der Waals surface area contributed by atoms with Gasteiger partial charge in [-0.1, -0.05) is 45.7 Å². The first-order valence-electron chi connectivity index (χ1n) is 5.37. The third kappa shape index (κ3) is 3.11. The average molecular weight is 328 g/mol. The molecule has 1 unspecified atom stereocenters. The highest BCUT2D eigenvalue weighted by molar-refractivity contribution is 9.10. The highest BCUT2D eigenvalue weighted by Gasteiger charge is 2.10. The van der Waals surface area contributed by atoms with Crippen molar-refractivity contribution in [3.63, 3.8) is 0 Å². The van der Waals surface area contributed by atoms with Crippen molar-refractivity contribution >= 4 is 39.3 Å². The quantitative estimate of drug-likeness (QED) is 0.845. The topological polar surface area (TPSA) is 63.8 Å². The van der Waals surface area contributed by atoms with Crippen molar-refractivity contribution < 1.29 is 0 Å². The molecule has 0 amide bonds. The van der Waals surface area contributed by atoms with Crippen molar-refractivity contribution in [2.24, 2.45) is 0 Å². The van der Waals surface area contributed by atoms with Crippen LogP contribution >= 0.6 is 27.5 Å². The Morgan fingerprint density at radius 3 is 2.72 bits per heavy atom. The first kappa shape index (κ1) is 13.1. The fourth-order valence-electron chi connectivity index (χ4n) is 1.63.